The molecule has 0 heterocycles. The number of benzene rings is 2. The molecule has 0 spiro atoms. The first kappa shape index (κ1) is 19.2. The number of rotatable bonds is 11. The molecule has 2 aromatic rings. The smallest absolute Gasteiger partial charge is 0.161 e. The molecular formula is C20H27FN2O2. The van der Waals surface area contributed by atoms with E-state index in [9.17, 15) is 4.39 Å². The molecule has 0 atom stereocenters. The number of halogens is 1. The van der Waals surface area contributed by atoms with Crippen LogP contribution in [0.2, 0.25) is 0 Å². The van der Waals surface area contributed by atoms with E-state index in [0.717, 1.165) is 38.2 Å². The molecule has 2 rings (SSSR count). The van der Waals surface area contributed by atoms with Crippen molar-refractivity contribution in [3.05, 3.63) is 59.4 Å². The fourth-order valence-electron chi connectivity index (χ4n) is 2.46. The maximum atomic E-state index is 13.7. The summed E-state index contributed by atoms with van der Waals surface area (Å²) >= 11 is 0. The average Bonchev–Trinajstić information content (AvgIpc) is 2.64. The molecule has 2 N–H and O–H groups in total. The van der Waals surface area contributed by atoms with Gasteiger partial charge in [0, 0.05) is 12.1 Å². The molecule has 0 unspecified atom stereocenters. The zero-order valence-corrected chi connectivity index (χ0v) is 15.0. The summed E-state index contributed by atoms with van der Waals surface area (Å²) < 4.78 is 24.8. The first-order chi connectivity index (χ1) is 12.2. The van der Waals surface area contributed by atoms with Crippen LogP contribution >= 0.6 is 0 Å². The van der Waals surface area contributed by atoms with Crippen LogP contribution in [0.4, 0.5) is 4.39 Å². The van der Waals surface area contributed by atoms with Gasteiger partial charge in [0.25, 0.3) is 0 Å². The van der Waals surface area contributed by atoms with Crippen LogP contribution in [0.3, 0.4) is 0 Å². The van der Waals surface area contributed by atoms with Crippen molar-refractivity contribution in [2.75, 3.05) is 26.7 Å². The molecule has 25 heavy (non-hydrogen) atoms. The quantitative estimate of drug-likeness (QED) is 0.611. The van der Waals surface area contributed by atoms with E-state index in [0.29, 0.717) is 17.1 Å². The number of methoxy groups -OCH3 is 1. The van der Waals surface area contributed by atoms with Gasteiger partial charge in [0.05, 0.1) is 7.11 Å². The van der Waals surface area contributed by atoms with Gasteiger partial charge in [-0.1, -0.05) is 31.2 Å². The monoisotopic (exact) mass is 346 g/mol. The second-order valence-corrected chi connectivity index (χ2v) is 5.75. The van der Waals surface area contributed by atoms with Gasteiger partial charge in [0.1, 0.15) is 12.4 Å². The number of hydrogen-bond donors (Lipinski definition) is 2. The van der Waals surface area contributed by atoms with Gasteiger partial charge in [-0.15, -0.1) is 0 Å². The van der Waals surface area contributed by atoms with Crippen LogP contribution < -0.4 is 20.1 Å². The maximum absolute atomic E-state index is 13.7. The van der Waals surface area contributed by atoms with Gasteiger partial charge in [0.2, 0.25) is 0 Å². The minimum Gasteiger partial charge on any atom is -0.493 e. The SMILES string of the molecule is CCNCCCNCc1ccc(OCc2ccccc2F)c(OC)c1. The maximum Gasteiger partial charge on any atom is 0.161 e. The second-order valence-electron chi connectivity index (χ2n) is 5.75. The standard InChI is InChI=1S/C20H27FN2O2/c1-3-22-11-6-12-23-14-16-9-10-19(20(13-16)24-2)25-15-17-7-4-5-8-18(17)21/h4-5,7-10,13,22-23H,3,6,11-12,14-15H2,1-2H3. The van der Waals surface area contributed by atoms with E-state index < -0.39 is 0 Å². The van der Waals surface area contributed by atoms with E-state index in [1.54, 1.807) is 25.3 Å². The molecule has 0 aromatic heterocycles. The summed E-state index contributed by atoms with van der Waals surface area (Å²) in [6, 6.07) is 12.4. The molecule has 136 valence electrons. The molecule has 0 fully saturated rings. The Hall–Kier alpha value is -2.11. The van der Waals surface area contributed by atoms with E-state index in [1.807, 2.05) is 18.2 Å². The first-order valence-electron chi connectivity index (χ1n) is 8.69. The summed E-state index contributed by atoms with van der Waals surface area (Å²) in [5.41, 5.74) is 1.65. The fourth-order valence-corrected chi connectivity index (χ4v) is 2.46. The van der Waals surface area contributed by atoms with E-state index >= 15 is 0 Å². The average molecular weight is 346 g/mol. The predicted octanol–water partition coefficient (Wildman–Crippen LogP) is 3.50. The Bertz CT molecular complexity index is 649. The third-order valence-corrected chi connectivity index (χ3v) is 3.86. The fraction of sp³-hybridized carbons (Fsp3) is 0.400. The molecule has 5 heteroatoms. The summed E-state index contributed by atoms with van der Waals surface area (Å²) in [5.74, 6) is 1.00. The van der Waals surface area contributed by atoms with Gasteiger partial charge in [0.15, 0.2) is 11.5 Å². The molecule has 2 aromatic carbocycles. The Morgan fingerprint density at radius 3 is 2.56 bits per heavy atom. The topological polar surface area (TPSA) is 42.5 Å². The van der Waals surface area contributed by atoms with Crippen molar-refractivity contribution in [1.82, 2.24) is 10.6 Å². The van der Waals surface area contributed by atoms with E-state index in [1.165, 1.54) is 6.07 Å². The second kappa shape index (κ2) is 10.7. The van der Waals surface area contributed by atoms with Crippen LogP contribution in [0.1, 0.15) is 24.5 Å². The van der Waals surface area contributed by atoms with Crippen LogP contribution in [0, 0.1) is 5.82 Å². The van der Waals surface area contributed by atoms with Gasteiger partial charge in [-0.2, -0.15) is 0 Å². The summed E-state index contributed by atoms with van der Waals surface area (Å²) in [7, 11) is 1.61. The Morgan fingerprint density at radius 2 is 1.80 bits per heavy atom. The highest BCUT2D eigenvalue weighted by Gasteiger charge is 2.08. The molecule has 0 saturated carbocycles. The number of hydrogen-bond acceptors (Lipinski definition) is 4. The lowest BCUT2D eigenvalue weighted by Crippen LogP contribution is -2.21. The molecule has 0 saturated heterocycles. The molecule has 0 radical (unpaired) electrons. The van der Waals surface area contributed by atoms with Gasteiger partial charge in [-0.05, 0) is 49.8 Å². The Morgan fingerprint density at radius 1 is 1.00 bits per heavy atom. The largest absolute Gasteiger partial charge is 0.493 e. The van der Waals surface area contributed by atoms with Crippen LogP contribution in [0.15, 0.2) is 42.5 Å². The van der Waals surface area contributed by atoms with Crippen LogP contribution in [0.5, 0.6) is 11.5 Å². The Kier molecular flexibility index (Phi) is 8.22. The highest BCUT2D eigenvalue weighted by molar-refractivity contribution is 5.43. The third-order valence-electron chi connectivity index (χ3n) is 3.86. The highest BCUT2D eigenvalue weighted by atomic mass is 19.1. The minimum atomic E-state index is -0.264. The predicted molar refractivity (Wildman–Crippen MR) is 98.6 cm³/mol. The molecule has 4 nitrogen and oxygen atoms in total. The van der Waals surface area contributed by atoms with Crippen LogP contribution in [-0.4, -0.2) is 26.7 Å². The van der Waals surface area contributed by atoms with E-state index in [-0.39, 0.29) is 12.4 Å². The molecule has 0 aliphatic heterocycles. The third kappa shape index (κ3) is 6.36. The summed E-state index contributed by atoms with van der Waals surface area (Å²) in [6.45, 7) is 6.04. The van der Waals surface area contributed by atoms with Crippen molar-refractivity contribution in [3.8, 4) is 11.5 Å². The van der Waals surface area contributed by atoms with Crippen LogP contribution in [-0.2, 0) is 13.2 Å². The first-order valence-corrected chi connectivity index (χ1v) is 8.69. The van der Waals surface area contributed by atoms with Crippen molar-refractivity contribution in [3.63, 3.8) is 0 Å². The summed E-state index contributed by atoms with van der Waals surface area (Å²) in [4.78, 5) is 0. The van der Waals surface area contributed by atoms with Crippen molar-refractivity contribution in [1.29, 1.82) is 0 Å². The van der Waals surface area contributed by atoms with Gasteiger partial charge >= 0.3 is 0 Å². The highest BCUT2D eigenvalue weighted by Crippen LogP contribution is 2.29. The van der Waals surface area contributed by atoms with Crippen LogP contribution in [0.25, 0.3) is 0 Å². The summed E-state index contributed by atoms with van der Waals surface area (Å²) in [6.07, 6.45) is 1.09. The minimum absolute atomic E-state index is 0.172. The normalized spacial score (nSPS) is 10.7. The van der Waals surface area contributed by atoms with E-state index in [2.05, 4.69) is 17.6 Å². The van der Waals surface area contributed by atoms with Crippen molar-refractivity contribution in [2.45, 2.75) is 26.5 Å². The number of nitrogens with one attached hydrogen (secondary N) is 2. The van der Waals surface area contributed by atoms with Crippen molar-refractivity contribution in [2.24, 2.45) is 0 Å². The lowest BCUT2D eigenvalue weighted by Gasteiger charge is -2.13. The van der Waals surface area contributed by atoms with Gasteiger partial charge in [-0.25, -0.2) is 4.39 Å². The molecule has 0 aliphatic carbocycles. The van der Waals surface area contributed by atoms with Crippen molar-refractivity contribution >= 4 is 0 Å². The molecule has 0 amide bonds. The van der Waals surface area contributed by atoms with Gasteiger partial charge in [-0.3, -0.25) is 0 Å². The lowest BCUT2D eigenvalue weighted by atomic mass is 10.2. The molecule has 0 bridgehead atoms. The zero-order chi connectivity index (χ0) is 17.9. The van der Waals surface area contributed by atoms with Gasteiger partial charge < -0.3 is 20.1 Å². The Balaban J connectivity index is 1.87. The zero-order valence-electron chi connectivity index (χ0n) is 15.0. The number of ether oxygens (including phenoxy) is 2. The summed E-state index contributed by atoms with van der Waals surface area (Å²) in [5, 5.41) is 6.71. The van der Waals surface area contributed by atoms with E-state index in [4.69, 9.17) is 9.47 Å². The molecular weight excluding hydrogens is 319 g/mol. The lowest BCUT2D eigenvalue weighted by molar-refractivity contribution is 0.279. The van der Waals surface area contributed by atoms with Crippen molar-refractivity contribution < 1.29 is 13.9 Å². The Labute approximate surface area is 149 Å². The molecule has 0 aliphatic rings.